The second kappa shape index (κ2) is 7.90. The number of allylic oxidation sites excluding steroid dienone is 2. The molecule has 11 heteroatoms. The van der Waals surface area contributed by atoms with Gasteiger partial charge in [0.15, 0.2) is 0 Å². The number of carbonyl (C=O) groups excluding carboxylic acids is 2. The molecule has 0 atom stereocenters. The number of aryl methyl sites for hydroxylation is 1. The van der Waals surface area contributed by atoms with Crippen LogP contribution in [0.5, 0.6) is 0 Å². The van der Waals surface area contributed by atoms with E-state index in [-0.39, 0.29) is 15.8 Å². The van der Waals surface area contributed by atoms with Gasteiger partial charge in [0.05, 0.1) is 17.7 Å². The minimum Gasteiger partial charge on any atom is -0.494 e. The maximum atomic E-state index is 12.5. The minimum atomic E-state index is -3.81. The molecule has 0 unspecified atom stereocenters. The smallest absolute Gasteiger partial charge is 0.263 e. The summed E-state index contributed by atoms with van der Waals surface area (Å²) in [5.74, 6) is -1.13. The highest BCUT2D eigenvalue weighted by Gasteiger charge is 2.21. The predicted molar refractivity (Wildman–Crippen MR) is 103 cm³/mol. The summed E-state index contributed by atoms with van der Waals surface area (Å²) in [5, 5.41) is 11.5. The highest BCUT2D eigenvalue weighted by Crippen LogP contribution is 2.23. The van der Waals surface area contributed by atoms with Gasteiger partial charge in [-0.05, 0) is 30.7 Å². The lowest BCUT2D eigenvalue weighted by Crippen LogP contribution is -2.19. The van der Waals surface area contributed by atoms with Gasteiger partial charge in [-0.2, -0.15) is 0 Å². The topological polar surface area (TPSA) is 127 Å². The van der Waals surface area contributed by atoms with E-state index in [9.17, 15) is 18.0 Å². The van der Waals surface area contributed by atoms with Gasteiger partial charge in [0.2, 0.25) is 16.7 Å². The van der Waals surface area contributed by atoms with Crippen molar-refractivity contribution in [3.63, 3.8) is 0 Å². The molecule has 2 aromatic rings. The van der Waals surface area contributed by atoms with Gasteiger partial charge in [0.1, 0.15) is 10.8 Å². The zero-order valence-corrected chi connectivity index (χ0v) is 16.6. The molecule has 0 saturated heterocycles. The van der Waals surface area contributed by atoms with Crippen LogP contribution in [0.2, 0.25) is 0 Å². The molecule has 3 rings (SSSR count). The lowest BCUT2D eigenvalue weighted by atomic mass is 10.1. The van der Waals surface area contributed by atoms with Crippen LogP contribution >= 0.6 is 11.3 Å². The first-order chi connectivity index (χ1) is 13.3. The Bertz CT molecular complexity index is 1090. The quantitative estimate of drug-likeness (QED) is 0.513. The Morgan fingerprint density at radius 3 is 2.36 bits per heavy atom. The normalized spacial score (nSPS) is 14.4. The average Bonchev–Trinajstić information content (AvgIpc) is 3.12. The molecule has 0 fully saturated rings. The summed E-state index contributed by atoms with van der Waals surface area (Å²) in [5.41, 5.74) is 0.821. The Labute approximate surface area is 165 Å². The zero-order chi connectivity index (χ0) is 20.3. The lowest BCUT2D eigenvalue weighted by molar-refractivity contribution is -0.131. The lowest BCUT2D eigenvalue weighted by Gasteiger charge is -2.16. The molecule has 28 heavy (non-hydrogen) atoms. The fraction of sp³-hybridized carbons (Fsp3) is 0.176. The van der Waals surface area contributed by atoms with Crippen LogP contribution in [0.4, 0.5) is 10.8 Å². The maximum absolute atomic E-state index is 12.5. The number of nitrogens with zero attached hydrogens (tertiary/aromatic N) is 2. The molecular formula is C17H16N4O5S2. The maximum Gasteiger partial charge on any atom is 0.263 e. The highest BCUT2D eigenvalue weighted by molar-refractivity contribution is 7.93. The number of hydrogen-bond acceptors (Lipinski definition) is 9. The van der Waals surface area contributed by atoms with Crippen molar-refractivity contribution in [1.29, 1.82) is 0 Å². The van der Waals surface area contributed by atoms with Crippen LogP contribution in [0.15, 0.2) is 52.8 Å². The predicted octanol–water partition coefficient (Wildman–Crippen LogP) is 1.88. The number of ether oxygens (including phenoxy) is 1. The summed E-state index contributed by atoms with van der Waals surface area (Å²) in [4.78, 5) is 23.0. The first kappa shape index (κ1) is 19.7. The number of ketones is 2. The zero-order valence-electron chi connectivity index (χ0n) is 14.9. The number of sulfonamides is 1. The van der Waals surface area contributed by atoms with Gasteiger partial charge in [0.25, 0.3) is 10.0 Å². The summed E-state index contributed by atoms with van der Waals surface area (Å²) >= 11 is 1.17. The molecule has 0 radical (unpaired) electrons. The van der Waals surface area contributed by atoms with Gasteiger partial charge in [0, 0.05) is 17.8 Å². The summed E-state index contributed by atoms with van der Waals surface area (Å²) in [7, 11) is -2.43. The van der Waals surface area contributed by atoms with Crippen LogP contribution in [0.1, 0.15) is 11.9 Å². The molecule has 1 heterocycles. The Hall–Kier alpha value is -3.05. The molecule has 1 aromatic carbocycles. The van der Waals surface area contributed by atoms with Crippen molar-refractivity contribution in [2.75, 3.05) is 17.1 Å². The van der Waals surface area contributed by atoms with E-state index in [1.165, 1.54) is 42.7 Å². The molecule has 9 nitrogen and oxygen atoms in total. The Kier molecular flexibility index (Phi) is 5.56. The van der Waals surface area contributed by atoms with E-state index in [0.717, 1.165) is 17.2 Å². The molecular weight excluding hydrogens is 404 g/mol. The molecule has 0 spiro atoms. The number of anilines is 2. The van der Waals surface area contributed by atoms with E-state index in [4.69, 9.17) is 4.74 Å². The molecule has 0 saturated carbocycles. The van der Waals surface area contributed by atoms with Crippen molar-refractivity contribution in [3.05, 3.63) is 52.9 Å². The first-order valence-corrected chi connectivity index (χ1v) is 10.4. The number of nitrogens with one attached hydrogen (secondary N) is 2. The first-order valence-electron chi connectivity index (χ1n) is 8.10. The van der Waals surface area contributed by atoms with E-state index < -0.39 is 21.6 Å². The largest absolute Gasteiger partial charge is 0.494 e. The van der Waals surface area contributed by atoms with E-state index in [1.807, 2.05) is 6.92 Å². The van der Waals surface area contributed by atoms with Gasteiger partial charge in [-0.3, -0.25) is 14.3 Å². The summed E-state index contributed by atoms with van der Waals surface area (Å²) < 4.78 is 32.4. The van der Waals surface area contributed by atoms with Gasteiger partial charge in [-0.15, -0.1) is 10.2 Å². The van der Waals surface area contributed by atoms with Gasteiger partial charge in [-0.25, -0.2) is 8.42 Å². The Morgan fingerprint density at radius 2 is 1.75 bits per heavy atom. The number of hydrogen-bond donors (Lipinski definition) is 2. The number of methoxy groups -OCH3 is 1. The van der Waals surface area contributed by atoms with Crippen LogP contribution in [-0.2, 0) is 30.8 Å². The minimum absolute atomic E-state index is 0.0395. The standard InChI is InChI=1S/C17H16N4O5S2/c1-3-16-19-20-17(27-16)21-28(24,25)11-6-4-10(5-7-11)18-12-8-13(22)14(23)9-15(12)26-2/h4-9,18H,3H2,1-2H3,(H,20,21). The summed E-state index contributed by atoms with van der Waals surface area (Å²) in [6.45, 7) is 1.90. The third-order valence-electron chi connectivity index (χ3n) is 3.70. The van der Waals surface area contributed by atoms with Crippen molar-refractivity contribution in [2.24, 2.45) is 0 Å². The summed E-state index contributed by atoms with van der Waals surface area (Å²) in [6.07, 6.45) is 2.90. The monoisotopic (exact) mass is 420 g/mol. The van der Waals surface area contributed by atoms with Gasteiger partial charge >= 0.3 is 0 Å². The van der Waals surface area contributed by atoms with Crippen LogP contribution < -0.4 is 10.0 Å². The number of carbonyl (C=O) groups is 2. The van der Waals surface area contributed by atoms with Crippen LogP contribution in [0.3, 0.4) is 0 Å². The Balaban J connectivity index is 1.76. The van der Waals surface area contributed by atoms with Crippen LogP contribution in [0, 0.1) is 0 Å². The number of aromatic nitrogens is 2. The van der Waals surface area contributed by atoms with Gasteiger partial charge < -0.3 is 10.1 Å². The molecule has 1 aromatic heterocycles. The SMILES string of the molecule is CCc1nnc(NS(=O)(=O)c2ccc(NC3=CC(=O)C(=O)C=C3OC)cc2)s1. The van der Waals surface area contributed by atoms with E-state index >= 15 is 0 Å². The van der Waals surface area contributed by atoms with Crippen molar-refractivity contribution < 1.29 is 22.7 Å². The van der Waals surface area contributed by atoms with Gasteiger partial charge in [-0.1, -0.05) is 18.3 Å². The number of benzene rings is 1. The fourth-order valence-electron chi connectivity index (χ4n) is 2.29. The molecule has 2 N–H and O–H groups in total. The molecule has 0 bridgehead atoms. The molecule has 1 aliphatic carbocycles. The third-order valence-corrected chi connectivity index (χ3v) is 6.17. The summed E-state index contributed by atoms with van der Waals surface area (Å²) in [6, 6.07) is 5.86. The van der Waals surface area contributed by atoms with Crippen molar-refractivity contribution in [2.45, 2.75) is 18.2 Å². The third kappa shape index (κ3) is 4.26. The molecule has 146 valence electrons. The van der Waals surface area contributed by atoms with Crippen LogP contribution in [0.25, 0.3) is 0 Å². The number of rotatable bonds is 7. The molecule has 0 amide bonds. The average molecular weight is 420 g/mol. The van der Waals surface area contributed by atoms with E-state index in [2.05, 4.69) is 20.2 Å². The van der Waals surface area contributed by atoms with E-state index in [1.54, 1.807) is 0 Å². The van der Waals surface area contributed by atoms with Crippen molar-refractivity contribution in [1.82, 2.24) is 10.2 Å². The van der Waals surface area contributed by atoms with Crippen LogP contribution in [-0.4, -0.2) is 37.3 Å². The molecule has 1 aliphatic rings. The van der Waals surface area contributed by atoms with Crippen molar-refractivity contribution >= 4 is 43.7 Å². The van der Waals surface area contributed by atoms with E-state index in [0.29, 0.717) is 17.8 Å². The fourth-order valence-corrected chi connectivity index (χ4v) is 4.20. The second-order valence-electron chi connectivity index (χ2n) is 5.61. The van der Waals surface area contributed by atoms with Crippen molar-refractivity contribution in [3.8, 4) is 0 Å². The Morgan fingerprint density at radius 1 is 1.07 bits per heavy atom. The highest BCUT2D eigenvalue weighted by atomic mass is 32.2. The molecule has 0 aliphatic heterocycles. The second-order valence-corrected chi connectivity index (χ2v) is 8.35.